The van der Waals surface area contributed by atoms with Gasteiger partial charge in [-0.05, 0) is 26.0 Å². The molecule has 2 amide bonds. The van der Waals surface area contributed by atoms with Gasteiger partial charge in [-0.1, -0.05) is 11.6 Å². The second kappa shape index (κ2) is 8.95. The molecule has 0 aliphatic carbocycles. The lowest BCUT2D eigenvalue weighted by Gasteiger charge is -2.35. The smallest absolute Gasteiger partial charge is 0.283 e. The largest absolute Gasteiger partial charge is 0.342 e. The summed E-state index contributed by atoms with van der Waals surface area (Å²) in [5.41, 5.74) is -0.256. The molecule has 1 aromatic carbocycles. The van der Waals surface area contributed by atoms with Crippen molar-refractivity contribution in [1.82, 2.24) is 14.7 Å². The van der Waals surface area contributed by atoms with Gasteiger partial charge in [0.1, 0.15) is 5.56 Å². The van der Waals surface area contributed by atoms with E-state index in [1.165, 1.54) is 18.2 Å². The predicted molar refractivity (Wildman–Crippen MR) is 98.4 cm³/mol. The number of amides is 2. The highest BCUT2D eigenvalue weighted by atomic mass is 35.5. The van der Waals surface area contributed by atoms with Crippen molar-refractivity contribution in [3.05, 3.63) is 38.9 Å². The zero-order chi connectivity index (χ0) is 19.3. The Kier molecular flexibility index (Phi) is 6.93. The Hall–Kier alpha value is -2.19. The molecule has 26 heavy (non-hydrogen) atoms. The highest BCUT2D eigenvalue weighted by Crippen LogP contribution is 2.25. The van der Waals surface area contributed by atoms with Gasteiger partial charge >= 0.3 is 0 Å². The Morgan fingerprint density at radius 3 is 2.35 bits per heavy atom. The molecular weight excluding hydrogens is 360 g/mol. The van der Waals surface area contributed by atoms with Crippen LogP contribution in [0, 0.1) is 10.1 Å². The standard InChI is InChI=1S/C17H23ClN4O4/c1-3-20(4-2)16(23)12-19-7-9-21(10-8-19)17(24)14-6-5-13(18)11-15(14)22(25)26/h5-6,11H,3-4,7-10,12H2,1-2H3. The van der Waals surface area contributed by atoms with Crippen LogP contribution in [0.5, 0.6) is 0 Å². The number of nitro groups is 1. The fraction of sp³-hybridized carbons (Fsp3) is 0.529. The molecule has 1 aromatic rings. The second-order valence-electron chi connectivity index (χ2n) is 6.05. The first-order valence-electron chi connectivity index (χ1n) is 8.60. The summed E-state index contributed by atoms with van der Waals surface area (Å²) in [6, 6.07) is 4.05. The van der Waals surface area contributed by atoms with Crippen LogP contribution in [0.3, 0.4) is 0 Å². The molecule has 0 radical (unpaired) electrons. The lowest BCUT2D eigenvalue weighted by atomic mass is 10.1. The minimum Gasteiger partial charge on any atom is -0.342 e. The third-order valence-corrected chi connectivity index (χ3v) is 4.76. The molecule has 0 spiro atoms. The maximum absolute atomic E-state index is 12.7. The minimum atomic E-state index is -0.599. The lowest BCUT2D eigenvalue weighted by molar-refractivity contribution is -0.385. The molecule has 0 atom stereocenters. The van der Waals surface area contributed by atoms with E-state index in [0.717, 1.165) is 0 Å². The second-order valence-corrected chi connectivity index (χ2v) is 6.49. The van der Waals surface area contributed by atoms with Crippen molar-refractivity contribution < 1.29 is 14.5 Å². The summed E-state index contributed by atoms with van der Waals surface area (Å²) in [4.78, 5) is 40.8. The normalized spacial score (nSPS) is 15.0. The van der Waals surface area contributed by atoms with Gasteiger partial charge in [0.25, 0.3) is 11.6 Å². The molecule has 9 heteroatoms. The van der Waals surface area contributed by atoms with Crippen LogP contribution in [-0.4, -0.2) is 77.3 Å². The van der Waals surface area contributed by atoms with E-state index in [0.29, 0.717) is 45.8 Å². The number of carbonyl (C=O) groups excluding carboxylic acids is 2. The molecule has 1 aliphatic rings. The van der Waals surface area contributed by atoms with Crippen molar-refractivity contribution in [3.8, 4) is 0 Å². The van der Waals surface area contributed by atoms with Gasteiger partial charge in [-0.2, -0.15) is 0 Å². The van der Waals surface area contributed by atoms with Crippen molar-refractivity contribution >= 4 is 29.1 Å². The van der Waals surface area contributed by atoms with E-state index in [9.17, 15) is 19.7 Å². The fourth-order valence-corrected chi connectivity index (χ4v) is 3.15. The van der Waals surface area contributed by atoms with Crippen LogP contribution in [0.4, 0.5) is 5.69 Å². The third-order valence-electron chi connectivity index (χ3n) is 4.52. The number of halogens is 1. The Bertz CT molecular complexity index is 685. The van der Waals surface area contributed by atoms with Gasteiger partial charge in [0.05, 0.1) is 11.5 Å². The maximum Gasteiger partial charge on any atom is 0.283 e. The number of nitrogens with zero attached hydrogens (tertiary/aromatic N) is 4. The first-order chi connectivity index (χ1) is 12.4. The van der Waals surface area contributed by atoms with E-state index < -0.39 is 4.92 Å². The summed E-state index contributed by atoms with van der Waals surface area (Å²) < 4.78 is 0. The molecule has 2 rings (SSSR count). The fourth-order valence-electron chi connectivity index (χ4n) is 2.98. The summed E-state index contributed by atoms with van der Waals surface area (Å²) in [7, 11) is 0. The van der Waals surface area contributed by atoms with Gasteiger partial charge < -0.3 is 9.80 Å². The molecule has 1 fully saturated rings. The van der Waals surface area contributed by atoms with E-state index in [2.05, 4.69) is 0 Å². The molecule has 0 bridgehead atoms. The van der Waals surface area contributed by atoms with E-state index in [-0.39, 0.29) is 28.1 Å². The van der Waals surface area contributed by atoms with E-state index >= 15 is 0 Å². The molecule has 1 aliphatic heterocycles. The SMILES string of the molecule is CCN(CC)C(=O)CN1CCN(C(=O)c2ccc(Cl)cc2[N+](=O)[O-])CC1. The van der Waals surface area contributed by atoms with Crippen molar-refractivity contribution in [2.75, 3.05) is 45.8 Å². The number of benzene rings is 1. The average molecular weight is 383 g/mol. The zero-order valence-electron chi connectivity index (χ0n) is 15.0. The van der Waals surface area contributed by atoms with Crippen molar-refractivity contribution in [3.63, 3.8) is 0 Å². The van der Waals surface area contributed by atoms with Gasteiger partial charge in [-0.3, -0.25) is 24.6 Å². The highest BCUT2D eigenvalue weighted by Gasteiger charge is 2.28. The molecule has 0 aromatic heterocycles. The first kappa shape index (κ1) is 20.1. The third kappa shape index (κ3) is 4.70. The van der Waals surface area contributed by atoms with E-state index in [1.54, 1.807) is 9.80 Å². The number of carbonyl (C=O) groups is 2. The molecule has 8 nitrogen and oxygen atoms in total. The van der Waals surface area contributed by atoms with Crippen LogP contribution >= 0.6 is 11.6 Å². The van der Waals surface area contributed by atoms with Crippen LogP contribution in [-0.2, 0) is 4.79 Å². The lowest BCUT2D eigenvalue weighted by Crippen LogP contribution is -2.51. The number of likely N-dealkylation sites (N-methyl/N-ethyl adjacent to an activating group) is 1. The predicted octanol–water partition coefficient (Wildman–Crippen LogP) is 1.87. The summed E-state index contributed by atoms with van der Waals surface area (Å²) in [5, 5.41) is 11.4. The quantitative estimate of drug-likeness (QED) is 0.553. The number of piperazine rings is 1. The molecular formula is C17H23ClN4O4. The van der Waals surface area contributed by atoms with Crippen LogP contribution in [0.1, 0.15) is 24.2 Å². The average Bonchev–Trinajstić information content (AvgIpc) is 2.62. The Morgan fingerprint density at radius 1 is 1.19 bits per heavy atom. The number of rotatable bonds is 6. The van der Waals surface area contributed by atoms with Gasteiger partial charge in [0.15, 0.2) is 0 Å². The van der Waals surface area contributed by atoms with Crippen LogP contribution in [0.2, 0.25) is 5.02 Å². The summed E-state index contributed by atoms with van der Waals surface area (Å²) in [6.45, 7) is 7.51. The van der Waals surface area contributed by atoms with Gasteiger partial charge in [0, 0.05) is 50.4 Å². The molecule has 0 saturated carbocycles. The molecule has 1 saturated heterocycles. The zero-order valence-corrected chi connectivity index (χ0v) is 15.7. The minimum absolute atomic E-state index is 0.0343. The van der Waals surface area contributed by atoms with Gasteiger partial charge in [-0.25, -0.2) is 0 Å². The van der Waals surface area contributed by atoms with E-state index in [4.69, 9.17) is 11.6 Å². The Labute approximate surface area is 157 Å². The molecule has 1 heterocycles. The molecule has 142 valence electrons. The monoisotopic (exact) mass is 382 g/mol. The molecule has 0 unspecified atom stereocenters. The van der Waals surface area contributed by atoms with Crippen LogP contribution in [0.15, 0.2) is 18.2 Å². The maximum atomic E-state index is 12.7. The Balaban J connectivity index is 1.99. The molecule has 0 N–H and O–H groups in total. The highest BCUT2D eigenvalue weighted by molar-refractivity contribution is 6.31. The summed E-state index contributed by atoms with van der Waals surface area (Å²) >= 11 is 5.80. The topological polar surface area (TPSA) is 87.0 Å². The first-order valence-corrected chi connectivity index (χ1v) is 8.98. The van der Waals surface area contributed by atoms with E-state index in [1.807, 2.05) is 18.7 Å². The van der Waals surface area contributed by atoms with Crippen molar-refractivity contribution in [1.29, 1.82) is 0 Å². The summed E-state index contributed by atoms with van der Waals surface area (Å²) in [5.74, 6) is -0.314. The summed E-state index contributed by atoms with van der Waals surface area (Å²) in [6.07, 6.45) is 0. The van der Waals surface area contributed by atoms with Crippen LogP contribution in [0.25, 0.3) is 0 Å². The van der Waals surface area contributed by atoms with Crippen molar-refractivity contribution in [2.24, 2.45) is 0 Å². The van der Waals surface area contributed by atoms with Crippen LogP contribution < -0.4 is 0 Å². The van der Waals surface area contributed by atoms with Gasteiger partial charge in [-0.15, -0.1) is 0 Å². The van der Waals surface area contributed by atoms with Gasteiger partial charge in [0.2, 0.25) is 5.91 Å². The number of hydrogen-bond donors (Lipinski definition) is 0. The number of nitro benzene ring substituents is 1. The Morgan fingerprint density at radius 2 is 1.81 bits per heavy atom. The number of hydrogen-bond acceptors (Lipinski definition) is 5. The van der Waals surface area contributed by atoms with Crippen molar-refractivity contribution in [2.45, 2.75) is 13.8 Å².